The molecule has 0 aliphatic rings. The molecule has 1 N–H and O–H groups in total. The van der Waals surface area contributed by atoms with Crippen molar-refractivity contribution in [3.63, 3.8) is 0 Å². The van der Waals surface area contributed by atoms with E-state index in [0.29, 0.717) is 40.6 Å². The van der Waals surface area contributed by atoms with Gasteiger partial charge in [-0.3, -0.25) is 4.79 Å². The molecule has 2 rings (SSSR count). The molecule has 8 heteroatoms. The smallest absolute Gasteiger partial charge is 0.282 e. The average molecular weight is 398 g/mol. The minimum atomic E-state index is -0.181. The van der Waals surface area contributed by atoms with Crippen LogP contribution in [0.1, 0.15) is 6.42 Å². The van der Waals surface area contributed by atoms with Crippen LogP contribution >= 0.6 is 15.9 Å². The van der Waals surface area contributed by atoms with Gasteiger partial charge in [-0.2, -0.15) is 5.10 Å². The Morgan fingerprint density at radius 3 is 2.42 bits per heavy atom. The molecule has 0 atom stereocenters. The molecule has 0 saturated heterocycles. The van der Waals surface area contributed by atoms with Crippen LogP contribution in [-0.2, 0) is 7.05 Å². The van der Waals surface area contributed by atoms with Gasteiger partial charge in [0, 0.05) is 31.8 Å². The number of aryl methyl sites for hydroxylation is 1. The fraction of sp³-hybridized carbons (Fsp3) is 0.375. The van der Waals surface area contributed by atoms with Crippen LogP contribution in [0.15, 0.2) is 33.7 Å². The van der Waals surface area contributed by atoms with Crippen LogP contribution < -0.4 is 25.1 Å². The first-order valence-corrected chi connectivity index (χ1v) is 8.16. The summed E-state index contributed by atoms with van der Waals surface area (Å²) in [5.74, 6) is 2.04. The van der Waals surface area contributed by atoms with Gasteiger partial charge in [0.25, 0.3) is 5.56 Å². The van der Waals surface area contributed by atoms with Crippen molar-refractivity contribution < 1.29 is 14.2 Å². The van der Waals surface area contributed by atoms with Gasteiger partial charge in [-0.05, 0) is 22.4 Å². The molecule has 0 spiro atoms. The Kier molecular flexibility index (Phi) is 6.48. The highest BCUT2D eigenvalue weighted by molar-refractivity contribution is 9.10. The third-order valence-electron chi connectivity index (χ3n) is 3.31. The Morgan fingerprint density at radius 1 is 1.17 bits per heavy atom. The third kappa shape index (κ3) is 4.64. The second-order valence-corrected chi connectivity index (χ2v) is 5.77. The van der Waals surface area contributed by atoms with Gasteiger partial charge in [-0.15, -0.1) is 0 Å². The summed E-state index contributed by atoms with van der Waals surface area (Å²) in [6.45, 7) is 1.16. The molecule has 1 aromatic heterocycles. The molecule has 130 valence electrons. The Hall–Kier alpha value is -2.22. The largest absolute Gasteiger partial charge is 0.496 e. The lowest BCUT2D eigenvalue weighted by Gasteiger charge is -2.11. The average Bonchev–Trinajstić information content (AvgIpc) is 2.60. The molecular weight excluding hydrogens is 378 g/mol. The van der Waals surface area contributed by atoms with E-state index in [2.05, 4.69) is 26.3 Å². The molecule has 1 heterocycles. The highest BCUT2D eigenvalue weighted by atomic mass is 79.9. The Morgan fingerprint density at radius 2 is 1.79 bits per heavy atom. The molecule has 0 amide bonds. The first kappa shape index (κ1) is 18.1. The molecule has 2 aromatic rings. The molecule has 1 aromatic carbocycles. The minimum absolute atomic E-state index is 0.181. The van der Waals surface area contributed by atoms with Gasteiger partial charge in [-0.25, -0.2) is 4.68 Å². The van der Waals surface area contributed by atoms with Gasteiger partial charge in [0.05, 0.1) is 32.7 Å². The van der Waals surface area contributed by atoms with Crippen molar-refractivity contribution in [2.45, 2.75) is 6.42 Å². The predicted octanol–water partition coefficient (Wildman–Crippen LogP) is 2.44. The van der Waals surface area contributed by atoms with Crippen molar-refractivity contribution in [3.8, 4) is 17.2 Å². The van der Waals surface area contributed by atoms with E-state index in [9.17, 15) is 4.79 Å². The fourth-order valence-electron chi connectivity index (χ4n) is 1.98. The molecule has 0 bridgehead atoms. The first-order chi connectivity index (χ1) is 11.5. The van der Waals surface area contributed by atoms with E-state index in [0.717, 1.165) is 6.42 Å². The minimum Gasteiger partial charge on any atom is -0.496 e. The molecule has 0 aliphatic heterocycles. The van der Waals surface area contributed by atoms with E-state index in [1.807, 2.05) is 0 Å². The van der Waals surface area contributed by atoms with Gasteiger partial charge < -0.3 is 19.5 Å². The lowest BCUT2D eigenvalue weighted by atomic mass is 10.3. The van der Waals surface area contributed by atoms with E-state index < -0.39 is 0 Å². The number of aromatic nitrogens is 2. The summed E-state index contributed by atoms with van der Waals surface area (Å²) < 4.78 is 17.9. The second kappa shape index (κ2) is 8.58. The highest BCUT2D eigenvalue weighted by Crippen LogP contribution is 2.27. The second-order valence-electron chi connectivity index (χ2n) is 4.98. The van der Waals surface area contributed by atoms with Crippen LogP contribution in [0.5, 0.6) is 17.2 Å². The maximum absolute atomic E-state index is 11.7. The number of benzene rings is 1. The normalized spacial score (nSPS) is 10.3. The molecule has 0 aliphatic carbocycles. The maximum atomic E-state index is 11.7. The number of hydrogen-bond acceptors (Lipinski definition) is 6. The molecule has 0 saturated carbocycles. The van der Waals surface area contributed by atoms with Gasteiger partial charge in [0.2, 0.25) is 0 Å². The maximum Gasteiger partial charge on any atom is 0.282 e. The summed E-state index contributed by atoms with van der Waals surface area (Å²) in [4.78, 5) is 11.7. The SMILES string of the molecule is COc1cc(OC)cc(OCCCNc2cnn(C)c(=O)c2Br)c1. The third-order valence-corrected chi connectivity index (χ3v) is 4.07. The van der Waals surface area contributed by atoms with Gasteiger partial charge in [-0.1, -0.05) is 0 Å². The van der Waals surface area contributed by atoms with Gasteiger partial charge >= 0.3 is 0 Å². The van der Waals surface area contributed by atoms with Gasteiger partial charge in [0.1, 0.15) is 21.7 Å². The Labute approximate surface area is 148 Å². The van der Waals surface area contributed by atoms with Crippen molar-refractivity contribution in [1.29, 1.82) is 0 Å². The number of halogens is 1. The summed E-state index contributed by atoms with van der Waals surface area (Å²) >= 11 is 3.27. The summed E-state index contributed by atoms with van der Waals surface area (Å²) in [5.41, 5.74) is 0.487. The molecule has 7 nitrogen and oxygen atoms in total. The number of rotatable bonds is 8. The zero-order chi connectivity index (χ0) is 17.5. The molecule has 0 fully saturated rings. The molecular formula is C16H20BrN3O4. The van der Waals surface area contributed by atoms with Crippen LogP contribution in [0.3, 0.4) is 0 Å². The van der Waals surface area contributed by atoms with Crippen LogP contribution in [-0.4, -0.2) is 37.2 Å². The highest BCUT2D eigenvalue weighted by Gasteiger charge is 2.06. The Bertz CT molecular complexity index is 726. The topological polar surface area (TPSA) is 74.6 Å². The lowest BCUT2D eigenvalue weighted by Crippen LogP contribution is -2.21. The number of methoxy groups -OCH3 is 2. The van der Waals surface area contributed by atoms with E-state index in [4.69, 9.17) is 14.2 Å². The van der Waals surface area contributed by atoms with E-state index in [1.54, 1.807) is 45.7 Å². The van der Waals surface area contributed by atoms with Crippen molar-refractivity contribution in [3.05, 3.63) is 39.2 Å². The summed E-state index contributed by atoms with van der Waals surface area (Å²) in [5, 5.41) is 7.14. The molecule has 0 unspecified atom stereocenters. The Balaban J connectivity index is 1.83. The van der Waals surface area contributed by atoms with E-state index in [-0.39, 0.29) is 5.56 Å². The van der Waals surface area contributed by atoms with Crippen LogP contribution in [0, 0.1) is 0 Å². The standard InChI is InChI=1S/C16H20BrN3O4/c1-20-16(21)15(17)14(10-19-20)18-5-4-6-24-13-8-11(22-2)7-12(9-13)23-3/h7-10,18H,4-6H2,1-3H3. The van der Waals surface area contributed by atoms with Crippen LogP contribution in [0.4, 0.5) is 5.69 Å². The van der Waals surface area contributed by atoms with Crippen molar-refractivity contribution in [2.75, 3.05) is 32.7 Å². The number of hydrogen-bond donors (Lipinski definition) is 1. The molecule has 24 heavy (non-hydrogen) atoms. The van der Waals surface area contributed by atoms with Crippen molar-refractivity contribution in [2.24, 2.45) is 7.05 Å². The number of nitrogens with zero attached hydrogens (tertiary/aromatic N) is 2. The summed E-state index contributed by atoms with van der Waals surface area (Å²) in [6.07, 6.45) is 2.36. The predicted molar refractivity (Wildman–Crippen MR) is 95.3 cm³/mol. The monoisotopic (exact) mass is 397 g/mol. The molecule has 0 radical (unpaired) electrons. The van der Waals surface area contributed by atoms with Crippen molar-refractivity contribution >= 4 is 21.6 Å². The van der Waals surface area contributed by atoms with E-state index >= 15 is 0 Å². The van der Waals surface area contributed by atoms with Crippen LogP contribution in [0.2, 0.25) is 0 Å². The first-order valence-electron chi connectivity index (χ1n) is 7.36. The van der Waals surface area contributed by atoms with E-state index in [1.165, 1.54) is 4.68 Å². The number of ether oxygens (including phenoxy) is 3. The van der Waals surface area contributed by atoms with Crippen LogP contribution in [0.25, 0.3) is 0 Å². The lowest BCUT2D eigenvalue weighted by molar-refractivity contribution is 0.309. The summed E-state index contributed by atoms with van der Waals surface area (Å²) in [7, 11) is 4.80. The fourth-order valence-corrected chi connectivity index (χ4v) is 2.48. The number of anilines is 1. The van der Waals surface area contributed by atoms with Crippen molar-refractivity contribution in [1.82, 2.24) is 9.78 Å². The zero-order valence-corrected chi connectivity index (χ0v) is 15.4. The summed E-state index contributed by atoms with van der Waals surface area (Å²) in [6, 6.07) is 5.39. The zero-order valence-electron chi connectivity index (χ0n) is 13.8. The number of nitrogens with one attached hydrogen (secondary N) is 1. The van der Waals surface area contributed by atoms with Gasteiger partial charge in [0.15, 0.2) is 0 Å². The quantitative estimate of drug-likeness (QED) is 0.689.